The van der Waals surface area contributed by atoms with Gasteiger partial charge >= 0.3 is 0 Å². The molecule has 0 aliphatic carbocycles. The highest BCUT2D eigenvalue weighted by Crippen LogP contribution is 2.32. The van der Waals surface area contributed by atoms with Crippen molar-refractivity contribution in [2.24, 2.45) is 0 Å². The lowest BCUT2D eigenvalue weighted by molar-refractivity contribution is -0.128. The minimum absolute atomic E-state index is 0.0871. The Bertz CT molecular complexity index is 1140. The van der Waals surface area contributed by atoms with Gasteiger partial charge in [-0.3, -0.25) is 4.79 Å². The van der Waals surface area contributed by atoms with Crippen molar-refractivity contribution in [3.63, 3.8) is 0 Å². The molecule has 6 nitrogen and oxygen atoms in total. The monoisotopic (exact) mass is 359 g/mol. The summed E-state index contributed by atoms with van der Waals surface area (Å²) in [5.74, 6) is 0.483. The van der Waals surface area contributed by atoms with Crippen LogP contribution in [0.15, 0.2) is 63.7 Å². The van der Waals surface area contributed by atoms with Gasteiger partial charge in [0.05, 0.1) is 12.0 Å². The number of fused-ring (bicyclic) bond motifs is 1. The van der Waals surface area contributed by atoms with Gasteiger partial charge in [0.25, 0.3) is 0 Å². The van der Waals surface area contributed by atoms with Crippen molar-refractivity contribution in [1.29, 1.82) is 0 Å². The van der Waals surface area contributed by atoms with E-state index in [1.807, 2.05) is 55.6 Å². The number of amides is 1. The van der Waals surface area contributed by atoms with Gasteiger partial charge in [0.2, 0.25) is 5.91 Å². The summed E-state index contributed by atoms with van der Waals surface area (Å²) in [5.41, 5.74) is 5.08. The number of carbonyl (C=O) groups is 1. The molecule has 0 N–H and O–H groups in total. The molecule has 0 spiro atoms. The first kappa shape index (κ1) is 15.8. The number of hydrogen-bond acceptors (Lipinski definition) is 5. The summed E-state index contributed by atoms with van der Waals surface area (Å²) in [6.45, 7) is 0.747. The average molecular weight is 359 g/mol. The van der Waals surface area contributed by atoms with E-state index in [2.05, 4.69) is 10.1 Å². The number of furan rings is 1. The molecule has 6 heteroatoms. The van der Waals surface area contributed by atoms with Gasteiger partial charge in [0, 0.05) is 36.9 Å². The van der Waals surface area contributed by atoms with Gasteiger partial charge in [-0.2, -0.15) is 0 Å². The zero-order valence-electron chi connectivity index (χ0n) is 14.8. The minimum atomic E-state index is -0.232. The van der Waals surface area contributed by atoms with Gasteiger partial charge < -0.3 is 13.8 Å². The molecule has 4 aromatic rings. The van der Waals surface area contributed by atoms with Crippen molar-refractivity contribution in [2.75, 3.05) is 13.6 Å². The number of rotatable bonds is 3. The number of pyridine rings is 1. The molecule has 1 aliphatic heterocycles. The number of hydrogen-bond donors (Lipinski definition) is 0. The zero-order valence-corrected chi connectivity index (χ0v) is 14.8. The number of nitrogens with zero attached hydrogens (tertiary/aromatic N) is 3. The molecule has 4 heterocycles. The molecule has 1 fully saturated rings. The maximum absolute atomic E-state index is 12.2. The summed E-state index contributed by atoms with van der Waals surface area (Å²) in [7, 11) is 1.81. The van der Waals surface area contributed by atoms with Gasteiger partial charge in [-0.05, 0) is 24.6 Å². The molecular formula is C21H17N3O3. The number of benzene rings is 1. The first-order valence-corrected chi connectivity index (χ1v) is 8.86. The third-order valence-electron chi connectivity index (χ3n) is 5.06. The normalized spacial score (nSPS) is 17.1. The van der Waals surface area contributed by atoms with Crippen molar-refractivity contribution in [3.8, 4) is 22.5 Å². The van der Waals surface area contributed by atoms with Crippen LogP contribution in [0.25, 0.3) is 33.6 Å². The number of carbonyl (C=O) groups excluding carboxylic acids is 1. The Balaban J connectivity index is 1.48. The lowest BCUT2D eigenvalue weighted by Crippen LogP contribution is -2.21. The van der Waals surface area contributed by atoms with Crippen LogP contribution in [-0.4, -0.2) is 34.5 Å². The van der Waals surface area contributed by atoms with Gasteiger partial charge in [0.1, 0.15) is 22.9 Å². The van der Waals surface area contributed by atoms with Gasteiger partial charge in [-0.15, -0.1) is 0 Å². The van der Waals surface area contributed by atoms with Crippen LogP contribution in [0.4, 0.5) is 0 Å². The molecule has 134 valence electrons. The molecule has 1 aliphatic rings. The Morgan fingerprint density at radius 3 is 2.74 bits per heavy atom. The second kappa shape index (κ2) is 6.09. The summed E-state index contributed by atoms with van der Waals surface area (Å²) < 4.78 is 10.8. The minimum Gasteiger partial charge on any atom is -0.463 e. The predicted molar refractivity (Wildman–Crippen MR) is 99.9 cm³/mol. The second-order valence-electron chi connectivity index (χ2n) is 6.80. The average Bonchev–Trinajstić information content (AvgIpc) is 3.42. The van der Waals surface area contributed by atoms with E-state index >= 15 is 0 Å². The van der Waals surface area contributed by atoms with Crippen molar-refractivity contribution in [3.05, 3.63) is 60.6 Å². The van der Waals surface area contributed by atoms with Gasteiger partial charge in [-0.1, -0.05) is 23.4 Å². The summed E-state index contributed by atoms with van der Waals surface area (Å²) in [6.07, 6.45) is 2.40. The Hall–Kier alpha value is -3.41. The zero-order chi connectivity index (χ0) is 18.4. The molecule has 0 radical (unpaired) electrons. The molecule has 5 rings (SSSR count). The Kier molecular flexibility index (Phi) is 3.57. The van der Waals surface area contributed by atoms with Crippen LogP contribution in [0, 0.1) is 0 Å². The highest BCUT2D eigenvalue weighted by atomic mass is 16.5. The lowest BCUT2D eigenvalue weighted by atomic mass is 10.0. The van der Waals surface area contributed by atoms with E-state index in [4.69, 9.17) is 8.94 Å². The van der Waals surface area contributed by atoms with E-state index in [1.54, 1.807) is 11.2 Å². The first-order chi connectivity index (χ1) is 13.2. The SMILES string of the molecule is CN1CCC(c2cc(-c3cccc(-c4ccc5occc5n4)c3)no2)C1=O. The quantitative estimate of drug-likeness (QED) is 0.551. The third-order valence-corrected chi connectivity index (χ3v) is 5.06. The highest BCUT2D eigenvalue weighted by molar-refractivity contribution is 5.85. The number of likely N-dealkylation sites (tertiary alicyclic amines) is 1. The molecule has 0 bridgehead atoms. The standard InChI is InChI=1S/C21H17N3O3/c1-24-9-7-15(21(24)25)20-12-18(23-27-20)14-4-2-3-13(11-14)16-5-6-19-17(22-16)8-10-26-19/h2-6,8,10-12,15H,7,9H2,1H3. The summed E-state index contributed by atoms with van der Waals surface area (Å²) >= 11 is 0. The topological polar surface area (TPSA) is 72.4 Å². The Labute approximate surface area is 155 Å². The molecule has 3 aromatic heterocycles. The first-order valence-electron chi connectivity index (χ1n) is 8.86. The van der Waals surface area contributed by atoms with Gasteiger partial charge in [0.15, 0.2) is 5.58 Å². The summed E-state index contributed by atoms with van der Waals surface area (Å²) in [5, 5.41) is 4.19. The van der Waals surface area contributed by atoms with E-state index < -0.39 is 0 Å². The van der Waals surface area contributed by atoms with Crippen molar-refractivity contribution >= 4 is 17.0 Å². The van der Waals surface area contributed by atoms with Crippen molar-refractivity contribution < 1.29 is 13.7 Å². The van der Waals surface area contributed by atoms with Crippen LogP contribution < -0.4 is 0 Å². The number of likely N-dealkylation sites (N-methyl/N-ethyl adjacent to an activating group) is 1. The van der Waals surface area contributed by atoms with E-state index in [0.29, 0.717) is 5.76 Å². The summed E-state index contributed by atoms with van der Waals surface area (Å²) in [4.78, 5) is 18.6. The van der Waals surface area contributed by atoms with E-state index in [-0.39, 0.29) is 11.8 Å². The lowest BCUT2D eigenvalue weighted by Gasteiger charge is -2.06. The van der Waals surface area contributed by atoms with Crippen LogP contribution in [0.3, 0.4) is 0 Å². The summed E-state index contributed by atoms with van der Waals surface area (Å²) in [6, 6.07) is 15.5. The molecule has 1 atom stereocenters. The Morgan fingerprint density at radius 1 is 1.07 bits per heavy atom. The van der Waals surface area contributed by atoms with E-state index in [0.717, 1.165) is 46.6 Å². The second-order valence-corrected chi connectivity index (χ2v) is 6.80. The molecule has 1 unspecified atom stereocenters. The van der Waals surface area contributed by atoms with Crippen molar-refractivity contribution in [2.45, 2.75) is 12.3 Å². The molecule has 1 saturated heterocycles. The molecule has 1 aromatic carbocycles. The molecule has 27 heavy (non-hydrogen) atoms. The Morgan fingerprint density at radius 2 is 1.93 bits per heavy atom. The predicted octanol–water partition coefficient (Wildman–Crippen LogP) is 4.10. The van der Waals surface area contributed by atoms with Crippen molar-refractivity contribution in [1.82, 2.24) is 15.0 Å². The van der Waals surface area contributed by atoms with Crippen LogP contribution in [-0.2, 0) is 4.79 Å². The maximum Gasteiger partial charge on any atom is 0.233 e. The van der Waals surface area contributed by atoms with Crippen LogP contribution >= 0.6 is 0 Å². The van der Waals surface area contributed by atoms with E-state index in [9.17, 15) is 4.79 Å². The van der Waals surface area contributed by atoms with Gasteiger partial charge in [-0.25, -0.2) is 4.98 Å². The maximum atomic E-state index is 12.2. The van der Waals surface area contributed by atoms with Crippen LogP contribution in [0.2, 0.25) is 0 Å². The number of aromatic nitrogens is 2. The van der Waals surface area contributed by atoms with Crippen LogP contribution in [0.5, 0.6) is 0 Å². The fourth-order valence-electron chi connectivity index (χ4n) is 3.53. The largest absolute Gasteiger partial charge is 0.463 e. The van der Waals surface area contributed by atoms with E-state index in [1.165, 1.54) is 0 Å². The fourth-order valence-corrected chi connectivity index (χ4v) is 3.53. The van der Waals surface area contributed by atoms with Crippen LogP contribution in [0.1, 0.15) is 18.1 Å². The third kappa shape index (κ3) is 2.70. The molecule has 0 saturated carbocycles. The molecular weight excluding hydrogens is 342 g/mol. The smallest absolute Gasteiger partial charge is 0.233 e. The fraction of sp³-hybridized carbons (Fsp3) is 0.190. The highest BCUT2D eigenvalue weighted by Gasteiger charge is 2.33. The molecule has 1 amide bonds.